The van der Waals surface area contributed by atoms with Gasteiger partial charge in [-0.3, -0.25) is 4.79 Å². The van der Waals surface area contributed by atoms with Gasteiger partial charge in [0.2, 0.25) is 5.91 Å². The Morgan fingerprint density at radius 1 is 1.29 bits per heavy atom. The SMILES string of the molecule is N#CCCN(CCC#N)C(=O)CSc1ccc(N)c(Cl)c1. The Bertz CT molecular complexity index is 561. The van der Waals surface area contributed by atoms with E-state index in [9.17, 15) is 4.79 Å². The number of nitriles is 2. The minimum atomic E-state index is -0.0987. The van der Waals surface area contributed by atoms with Crippen LogP contribution in [0, 0.1) is 22.7 Å². The molecule has 7 heteroatoms. The van der Waals surface area contributed by atoms with Gasteiger partial charge in [0.1, 0.15) is 0 Å². The van der Waals surface area contributed by atoms with Crippen molar-refractivity contribution in [3.63, 3.8) is 0 Å². The summed E-state index contributed by atoms with van der Waals surface area (Å²) in [7, 11) is 0. The molecule has 1 aromatic carbocycles. The summed E-state index contributed by atoms with van der Waals surface area (Å²) >= 11 is 7.27. The molecule has 0 spiro atoms. The Balaban J connectivity index is 2.57. The van der Waals surface area contributed by atoms with E-state index in [1.54, 1.807) is 23.1 Å². The second-order valence-electron chi connectivity index (χ2n) is 4.17. The van der Waals surface area contributed by atoms with Gasteiger partial charge in [0, 0.05) is 18.0 Å². The van der Waals surface area contributed by atoms with Crippen molar-refractivity contribution in [3.8, 4) is 12.1 Å². The first-order valence-electron chi connectivity index (χ1n) is 6.28. The van der Waals surface area contributed by atoms with Crippen molar-refractivity contribution in [1.82, 2.24) is 4.90 Å². The number of benzene rings is 1. The fourth-order valence-corrected chi connectivity index (χ4v) is 2.65. The second-order valence-corrected chi connectivity index (χ2v) is 5.62. The number of amides is 1. The zero-order valence-electron chi connectivity index (χ0n) is 11.4. The summed E-state index contributed by atoms with van der Waals surface area (Å²) in [5.74, 6) is 0.135. The lowest BCUT2D eigenvalue weighted by Gasteiger charge is -2.20. The molecular weight excluding hydrogens is 308 g/mol. The number of hydrogen-bond donors (Lipinski definition) is 1. The van der Waals surface area contributed by atoms with Crippen LogP contribution in [0.15, 0.2) is 23.1 Å². The van der Waals surface area contributed by atoms with Gasteiger partial charge >= 0.3 is 0 Å². The maximum absolute atomic E-state index is 12.1. The molecule has 1 amide bonds. The Morgan fingerprint density at radius 2 is 1.90 bits per heavy atom. The predicted molar refractivity (Wildman–Crippen MR) is 83.6 cm³/mol. The van der Waals surface area contributed by atoms with Crippen LogP contribution in [0.25, 0.3) is 0 Å². The molecule has 0 atom stereocenters. The van der Waals surface area contributed by atoms with Gasteiger partial charge in [-0.2, -0.15) is 10.5 Å². The molecule has 110 valence electrons. The number of nitrogen functional groups attached to an aromatic ring is 1. The van der Waals surface area contributed by atoms with E-state index >= 15 is 0 Å². The van der Waals surface area contributed by atoms with Crippen molar-refractivity contribution < 1.29 is 4.79 Å². The molecule has 0 aliphatic rings. The lowest BCUT2D eigenvalue weighted by Crippen LogP contribution is -2.34. The van der Waals surface area contributed by atoms with E-state index in [0.717, 1.165) is 4.90 Å². The van der Waals surface area contributed by atoms with E-state index in [-0.39, 0.29) is 24.5 Å². The first-order valence-corrected chi connectivity index (χ1v) is 7.64. The third kappa shape index (κ3) is 5.95. The molecule has 0 heterocycles. The molecule has 0 saturated carbocycles. The van der Waals surface area contributed by atoms with Gasteiger partial charge in [-0.15, -0.1) is 11.8 Å². The van der Waals surface area contributed by atoms with Crippen LogP contribution in [0.2, 0.25) is 5.02 Å². The number of nitrogens with zero attached hydrogens (tertiary/aromatic N) is 3. The second kappa shape index (κ2) is 9.12. The molecule has 0 radical (unpaired) electrons. The van der Waals surface area contributed by atoms with E-state index < -0.39 is 0 Å². The van der Waals surface area contributed by atoms with Gasteiger partial charge in [0.15, 0.2) is 0 Å². The molecule has 1 aromatic rings. The highest BCUT2D eigenvalue weighted by Crippen LogP contribution is 2.26. The van der Waals surface area contributed by atoms with Crippen molar-refractivity contribution in [2.24, 2.45) is 0 Å². The summed E-state index contributed by atoms with van der Waals surface area (Å²) in [6.45, 7) is 0.695. The third-order valence-corrected chi connectivity index (χ3v) is 3.98. The minimum absolute atomic E-state index is 0.0987. The summed E-state index contributed by atoms with van der Waals surface area (Å²) in [4.78, 5) is 14.5. The van der Waals surface area contributed by atoms with E-state index in [4.69, 9.17) is 27.9 Å². The van der Waals surface area contributed by atoms with Crippen molar-refractivity contribution in [2.75, 3.05) is 24.6 Å². The van der Waals surface area contributed by atoms with Crippen molar-refractivity contribution >= 4 is 35.0 Å². The molecule has 0 aliphatic carbocycles. The number of hydrogen-bond acceptors (Lipinski definition) is 5. The van der Waals surface area contributed by atoms with Crippen LogP contribution in [0.5, 0.6) is 0 Å². The molecule has 2 N–H and O–H groups in total. The van der Waals surface area contributed by atoms with Crippen LogP contribution in [-0.2, 0) is 4.79 Å². The Hall–Kier alpha value is -1.89. The predicted octanol–water partition coefficient (Wildman–Crippen LogP) is 2.67. The summed E-state index contributed by atoms with van der Waals surface area (Å²) in [5.41, 5.74) is 6.12. The molecule has 1 rings (SSSR count). The van der Waals surface area contributed by atoms with Crippen LogP contribution >= 0.6 is 23.4 Å². The quantitative estimate of drug-likeness (QED) is 0.615. The van der Waals surface area contributed by atoms with Crippen LogP contribution in [0.3, 0.4) is 0 Å². The molecule has 0 unspecified atom stereocenters. The standard InChI is InChI=1S/C14H15ClN4OS/c15-12-9-11(3-4-13(12)18)21-10-14(20)19(7-1-5-16)8-2-6-17/h3-4,9H,1-2,7-8,10,18H2. The number of thioether (sulfide) groups is 1. The van der Waals surface area contributed by atoms with Gasteiger partial charge in [-0.05, 0) is 18.2 Å². The molecule has 0 aromatic heterocycles. The van der Waals surface area contributed by atoms with E-state index in [2.05, 4.69) is 0 Å². The van der Waals surface area contributed by atoms with Crippen LogP contribution < -0.4 is 5.73 Å². The van der Waals surface area contributed by atoms with Crippen molar-refractivity contribution in [3.05, 3.63) is 23.2 Å². The fraction of sp³-hybridized carbons (Fsp3) is 0.357. The first kappa shape index (κ1) is 17.2. The average molecular weight is 323 g/mol. The van der Waals surface area contributed by atoms with Gasteiger partial charge in [0.05, 0.1) is 41.4 Å². The summed E-state index contributed by atoms with van der Waals surface area (Å²) in [5, 5.41) is 17.7. The number of rotatable bonds is 7. The number of carbonyl (C=O) groups is 1. The average Bonchev–Trinajstić information content (AvgIpc) is 2.48. The van der Waals surface area contributed by atoms with E-state index in [0.29, 0.717) is 23.8 Å². The molecule has 0 aliphatic heterocycles. The molecule has 0 saturated heterocycles. The zero-order chi connectivity index (χ0) is 15.7. The highest BCUT2D eigenvalue weighted by molar-refractivity contribution is 8.00. The smallest absolute Gasteiger partial charge is 0.232 e. The van der Waals surface area contributed by atoms with Crippen LogP contribution in [0.4, 0.5) is 5.69 Å². The van der Waals surface area contributed by atoms with E-state index in [1.165, 1.54) is 11.8 Å². The molecule has 21 heavy (non-hydrogen) atoms. The number of halogens is 1. The lowest BCUT2D eigenvalue weighted by molar-refractivity contribution is -0.128. The summed E-state index contributed by atoms with van der Waals surface area (Å²) in [6.07, 6.45) is 0.519. The topological polar surface area (TPSA) is 93.9 Å². The molecule has 5 nitrogen and oxygen atoms in total. The summed E-state index contributed by atoms with van der Waals surface area (Å²) < 4.78 is 0. The Labute approximate surface area is 133 Å². The van der Waals surface area contributed by atoms with Gasteiger partial charge in [-0.1, -0.05) is 11.6 Å². The monoisotopic (exact) mass is 322 g/mol. The molecular formula is C14H15ClN4OS. The highest BCUT2D eigenvalue weighted by Gasteiger charge is 2.13. The summed E-state index contributed by atoms with van der Waals surface area (Å²) in [6, 6.07) is 9.21. The number of anilines is 1. The largest absolute Gasteiger partial charge is 0.398 e. The van der Waals surface area contributed by atoms with Crippen molar-refractivity contribution in [2.45, 2.75) is 17.7 Å². The maximum Gasteiger partial charge on any atom is 0.232 e. The minimum Gasteiger partial charge on any atom is -0.398 e. The fourth-order valence-electron chi connectivity index (χ4n) is 1.57. The Kier molecular flexibility index (Phi) is 7.45. The van der Waals surface area contributed by atoms with E-state index in [1.807, 2.05) is 12.1 Å². The van der Waals surface area contributed by atoms with Gasteiger partial charge < -0.3 is 10.6 Å². The highest BCUT2D eigenvalue weighted by atomic mass is 35.5. The number of carbonyl (C=O) groups excluding carboxylic acids is 1. The normalized spacial score (nSPS) is 9.67. The third-order valence-electron chi connectivity index (χ3n) is 2.67. The zero-order valence-corrected chi connectivity index (χ0v) is 13.0. The van der Waals surface area contributed by atoms with Crippen LogP contribution in [-0.4, -0.2) is 29.6 Å². The maximum atomic E-state index is 12.1. The molecule has 0 bridgehead atoms. The van der Waals surface area contributed by atoms with Gasteiger partial charge in [0.25, 0.3) is 0 Å². The van der Waals surface area contributed by atoms with Crippen molar-refractivity contribution in [1.29, 1.82) is 10.5 Å². The van der Waals surface area contributed by atoms with Crippen LogP contribution in [0.1, 0.15) is 12.8 Å². The number of nitrogens with two attached hydrogens (primary N) is 1. The Morgan fingerprint density at radius 3 is 2.43 bits per heavy atom. The lowest BCUT2D eigenvalue weighted by atomic mass is 10.3. The molecule has 0 fully saturated rings. The first-order chi connectivity index (χ1) is 10.1. The van der Waals surface area contributed by atoms with Gasteiger partial charge in [-0.25, -0.2) is 0 Å².